The van der Waals surface area contributed by atoms with Crippen molar-refractivity contribution in [2.45, 2.75) is 64.1 Å². The summed E-state index contributed by atoms with van der Waals surface area (Å²) in [6.07, 6.45) is 6.01. The van der Waals surface area contributed by atoms with Crippen molar-refractivity contribution in [3.05, 3.63) is 29.8 Å². The van der Waals surface area contributed by atoms with Crippen molar-refractivity contribution in [1.82, 2.24) is 15.5 Å². The van der Waals surface area contributed by atoms with E-state index in [4.69, 9.17) is 0 Å². The summed E-state index contributed by atoms with van der Waals surface area (Å²) in [5, 5.41) is 15.8. The quantitative estimate of drug-likeness (QED) is 0.684. The maximum Gasteiger partial charge on any atom is 0.237 e. The predicted octanol–water partition coefficient (Wildman–Crippen LogP) is 2.17. The Balaban J connectivity index is 1.61. The Bertz CT molecular complexity index is 658. The number of aromatic hydroxyl groups is 1. The van der Waals surface area contributed by atoms with Crippen LogP contribution in [0.15, 0.2) is 24.3 Å². The highest BCUT2D eigenvalue weighted by atomic mass is 16.3. The van der Waals surface area contributed by atoms with Gasteiger partial charge in [0.05, 0.1) is 6.04 Å². The van der Waals surface area contributed by atoms with Crippen LogP contribution < -0.4 is 10.6 Å². The van der Waals surface area contributed by atoms with Crippen LogP contribution in [0.3, 0.4) is 0 Å². The topological polar surface area (TPSA) is 81.7 Å². The van der Waals surface area contributed by atoms with Gasteiger partial charge in [-0.15, -0.1) is 0 Å². The molecule has 3 N–H and O–H groups in total. The minimum absolute atomic E-state index is 0.00481. The number of phenolic OH excluding ortho intramolecular Hbond substituents is 1. The molecule has 1 saturated carbocycles. The number of carbonyl (C=O) groups is 2. The van der Waals surface area contributed by atoms with Gasteiger partial charge in [0, 0.05) is 32.1 Å². The van der Waals surface area contributed by atoms with Crippen molar-refractivity contribution in [1.29, 1.82) is 0 Å². The fourth-order valence-corrected chi connectivity index (χ4v) is 4.40. The van der Waals surface area contributed by atoms with Crippen LogP contribution >= 0.6 is 0 Å². The van der Waals surface area contributed by atoms with Gasteiger partial charge in [-0.05, 0) is 49.8 Å². The van der Waals surface area contributed by atoms with Crippen molar-refractivity contribution in [3.8, 4) is 5.75 Å². The molecule has 2 fully saturated rings. The Morgan fingerprint density at radius 2 is 2.04 bits per heavy atom. The van der Waals surface area contributed by atoms with Crippen molar-refractivity contribution in [2.24, 2.45) is 5.92 Å². The molecule has 3 rings (SSSR count). The highest BCUT2D eigenvalue weighted by molar-refractivity contribution is 5.82. The molecule has 1 aromatic rings. The van der Waals surface area contributed by atoms with Gasteiger partial charge in [-0.2, -0.15) is 0 Å². The van der Waals surface area contributed by atoms with E-state index in [0.717, 1.165) is 18.4 Å². The van der Waals surface area contributed by atoms with E-state index in [1.165, 1.54) is 12.8 Å². The van der Waals surface area contributed by atoms with Crippen LogP contribution in [0.1, 0.15) is 51.0 Å². The lowest BCUT2D eigenvalue weighted by Gasteiger charge is -2.23. The zero-order valence-electron chi connectivity index (χ0n) is 16.1. The van der Waals surface area contributed by atoms with Gasteiger partial charge in [0.15, 0.2) is 0 Å². The van der Waals surface area contributed by atoms with Gasteiger partial charge in [-0.25, -0.2) is 0 Å². The Kier molecular flexibility index (Phi) is 6.72. The number of nitrogens with zero attached hydrogens (tertiary/aromatic N) is 1. The van der Waals surface area contributed by atoms with Crippen molar-refractivity contribution < 1.29 is 14.7 Å². The Hall–Kier alpha value is -2.08. The molecule has 0 radical (unpaired) electrons. The molecule has 1 heterocycles. The average molecular weight is 373 g/mol. The van der Waals surface area contributed by atoms with E-state index in [1.807, 2.05) is 19.1 Å². The van der Waals surface area contributed by atoms with Crippen molar-refractivity contribution in [3.63, 3.8) is 0 Å². The first-order chi connectivity index (χ1) is 13.0. The summed E-state index contributed by atoms with van der Waals surface area (Å²) in [6.45, 7) is 3.72. The summed E-state index contributed by atoms with van der Waals surface area (Å²) in [6, 6.07) is 6.85. The standard InChI is InChI=1S/C21H31N3O3/c1-2-22-21(27)19-12-17(23-20(26)11-15-6-3-4-7-15)14-24(19)13-16-8-5-9-18(25)10-16/h5,8-10,15,17,19,25H,2-4,6-7,11-14H2,1H3,(H,22,27)(H,23,26)/t17-,19+/m1/s1. The van der Waals surface area contributed by atoms with Crippen molar-refractivity contribution >= 4 is 11.8 Å². The molecule has 1 saturated heterocycles. The number of benzene rings is 1. The van der Waals surface area contributed by atoms with E-state index in [-0.39, 0.29) is 29.6 Å². The second-order valence-corrected chi connectivity index (χ2v) is 7.86. The minimum Gasteiger partial charge on any atom is -0.508 e. The molecular weight excluding hydrogens is 342 g/mol. The van der Waals surface area contributed by atoms with Gasteiger partial charge in [-0.3, -0.25) is 14.5 Å². The zero-order chi connectivity index (χ0) is 19.2. The Morgan fingerprint density at radius 3 is 2.74 bits per heavy atom. The number of likely N-dealkylation sites (tertiary alicyclic amines) is 1. The highest BCUT2D eigenvalue weighted by Gasteiger charge is 2.37. The molecule has 148 valence electrons. The molecule has 0 aromatic heterocycles. The number of hydrogen-bond acceptors (Lipinski definition) is 4. The average Bonchev–Trinajstić information content (AvgIpc) is 3.25. The number of carbonyl (C=O) groups excluding carboxylic acids is 2. The first-order valence-corrected chi connectivity index (χ1v) is 10.1. The molecule has 2 amide bonds. The van der Waals surface area contributed by atoms with Gasteiger partial charge >= 0.3 is 0 Å². The summed E-state index contributed by atoms with van der Waals surface area (Å²) >= 11 is 0. The second kappa shape index (κ2) is 9.22. The van der Waals surface area contributed by atoms with Gasteiger partial charge in [0.1, 0.15) is 5.75 Å². The second-order valence-electron chi connectivity index (χ2n) is 7.86. The third-order valence-corrected chi connectivity index (χ3v) is 5.67. The number of amides is 2. The van der Waals surface area contributed by atoms with Crippen molar-refractivity contribution in [2.75, 3.05) is 13.1 Å². The van der Waals surface area contributed by atoms with Gasteiger partial charge < -0.3 is 15.7 Å². The molecular formula is C21H31N3O3. The lowest BCUT2D eigenvalue weighted by molar-refractivity contribution is -0.126. The van der Waals surface area contributed by atoms with E-state index in [9.17, 15) is 14.7 Å². The third kappa shape index (κ3) is 5.45. The summed E-state index contributed by atoms with van der Waals surface area (Å²) in [5.41, 5.74) is 0.960. The minimum atomic E-state index is -0.260. The summed E-state index contributed by atoms with van der Waals surface area (Å²) in [5.74, 6) is 0.864. The number of hydrogen-bond donors (Lipinski definition) is 3. The van der Waals surface area contributed by atoms with E-state index in [1.54, 1.807) is 12.1 Å². The van der Waals surface area contributed by atoms with Crippen LogP contribution in [0.2, 0.25) is 0 Å². The Labute approximate surface area is 161 Å². The molecule has 0 spiro atoms. The lowest BCUT2D eigenvalue weighted by Crippen LogP contribution is -2.42. The number of phenols is 1. The maximum absolute atomic E-state index is 12.5. The molecule has 0 bridgehead atoms. The third-order valence-electron chi connectivity index (χ3n) is 5.67. The monoisotopic (exact) mass is 373 g/mol. The van der Waals surface area contributed by atoms with E-state index < -0.39 is 0 Å². The number of rotatable bonds is 7. The summed E-state index contributed by atoms with van der Waals surface area (Å²) in [4.78, 5) is 27.0. The first-order valence-electron chi connectivity index (χ1n) is 10.1. The summed E-state index contributed by atoms with van der Waals surface area (Å²) < 4.78 is 0. The van der Waals surface area contributed by atoms with E-state index in [0.29, 0.717) is 38.4 Å². The normalized spacial score (nSPS) is 23.4. The fourth-order valence-electron chi connectivity index (χ4n) is 4.40. The molecule has 1 aliphatic heterocycles. The van der Waals surface area contributed by atoms with Gasteiger partial charge in [-0.1, -0.05) is 25.0 Å². The molecule has 2 atom stereocenters. The lowest BCUT2D eigenvalue weighted by atomic mass is 10.0. The molecule has 0 unspecified atom stereocenters. The molecule has 2 aliphatic rings. The Morgan fingerprint density at radius 1 is 1.26 bits per heavy atom. The number of likely N-dealkylation sites (N-methyl/N-ethyl adjacent to an activating group) is 1. The van der Waals surface area contributed by atoms with Crippen LogP contribution in [0.4, 0.5) is 0 Å². The van der Waals surface area contributed by atoms with Gasteiger partial charge in [0.25, 0.3) is 0 Å². The highest BCUT2D eigenvalue weighted by Crippen LogP contribution is 2.28. The predicted molar refractivity (Wildman–Crippen MR) is 104 cm³/mol. The molecule has 1 aliphatic carbocycles. The van der Waals surface area contributed by atoms with E-state index >= 15 is 0 Å². The van der Waals surface area contributed by atoms with Crippen LogP contribution in [0, 0.1) is 5.92 Å². The smallest absolute Gasteiger partial charge is 0.237 e. The first kappa shape index (κ1) is 19.7. The molecule has 1 aromatic carbocycles. The largest absolute Gasteiger partial charge is 0.508 e. The zero-order valence-corrected chi connectivity index (χ0v) is 16.1. The molecule has 27 heavy (non-hydrogen) atoms. The van der Waals surface area contributed by atoms with E-state index in [2.05, 4.69) is 15.5 Å². The maximum atomic E-state index is 12.5. The van der Waals surface area contributed by atoms with Gasteiger partial charge in [0.2, 0.25) is 11.8 Å². The summed E-state index contributed by atoms with van der Waals surface area (Å²) in [7, 11) is 0. The number of nitrogens with one attached hydrogen (secondary N) is 2. The van der Waals surface area contributed by atoms with Crippen LogP contribution in [-0.4, -0.2) is 47.0 Å². The fraction of sp³-hybridized carbons (Fsp3) is 0.619. The molecule has 6 heteroatoms. The van der Waals surface area contributed by atoms with Crippen LogP contribution in [0.5, 0.6) is 5.75 Å². The SMILES string of the molecule is CCNC(=O)[C@@H]1C[C@@H](NC(=O)CC2CCCC2)CN1Cc1cccc(O)c1. The van der Waals surface area contributed by atoms with Crippen LogP contribution in [0.25, 0.3) is 0 Å². The molecule has 6 nitrogen and oxygen atoms in total. The van der Waals surface area contributed by atoms with Crippen LogP contribution in [-0.2, 0) is 16.1 Å².